The molecule has 0 aromatic heterocycles. The Morgan fingerprint density at radius 2 is 0.846 bits per heavy atom. The first-order chi connectivity index (χ1) is 12.4. The van der Waals surface area contributed by atoms with Gasteiger partial charge in [0.25, 0.3) is 0 Å². The molecule has 0 saturated heterocycles. The van der Waals surface area contributed by atoms with Crippen molar-refractivity contribution < 1.29 is 0 Å². The third-order valence-electron chi connectivity index (χ3n) is 5.74. The Bertz CT molecular complexity index is 810. The molecule has 0 heteroatoms. The molecule has 3 aromatic rings. The minimum absolute atomic E-state index is 0.403. The van der Waals surface area contributed by atoms with Crippen molar-refractivity contribution in [2.45, 2.75) is 53.4 Å². The molecule has 0 aliphatic heterocycles. The zero-order chi connectivity index (χ0) is 18.8. The van der Waals surface area contributed by atoms with Crippen molar-refractivity contribution in [3.63, 3.8) is 0 Å². The molecule has 0 heterocycles. The zero-order valence-electron chi connectivity index (χ0n) is 16.9. The Balaban J connectivity index is 2.01. The smallest absolute Gasteiger partial charge is 0.00637 e. The molecule has 2 atom stereocenters. The summed E-state index contributed by atoms with van der Waals surface area (Å²) in [5.41, 5.74) is 11.0. The highest BCUT2D eigenvalue weighted by Gasteiger charge is 2.17. The Morgan fingerprint density at radius 1 is 0.500 bits per heavy atom. The number of benzene rings is 3. The van der Waals surface area contributed by atoms with E-state index in [0.717, 1.165) is 0 Å². The van der Waals surface area contributed by atoms with Crippen molar-refractivity contribution in [2.75, 3.05) is 0 Å². The van der Waals surface area contributed by atoms with E-state index in [1.165, 1.54) is 44.5 Å². The second kappa shape index (κ2) is 7.50. The third kappa shape index (κ3) is 3.75. The Morgan fingerprint density at radius 3 is 1.19 bits per heavy atom. The largest absolute Gasteiger partial charge is 0.0590 e. The predicted molar refractivity (Wildman–Crippen MR) is 113 cm³/mol. The summed E-state index contributed by atoms with van der Waals surface area (Å²) in [6.45, 7) is 13.4. The lowest BCUT2D eigenvalue weighted by Gasteiger charge is -2.22. The van der Waals surface area contributed by atoms with Crippen LogP contribution in [-0.4, -0.2) is 0 Å². The van der Waals surface area contributed by atoms with Gasteiger partial charge in [-0.25, -0.2) is 0 Å². The van der Waals surface area contributed by atoms with Gasteiger partial charge >= 0.3 is 0 Å². The molecule has 2 unspecified atom stereocenters. The molecule has 0 fully saturated rings. The molecule has 0 N–H and O–H groups in total. The van der Waals surface area contributed by atoms with Crippen LogP contribution in [0.2, 0.25) is 0 Å². The summed E-state index contributed by atoms with van der Waals surface area (Å²) in [6.07, 6.45) is 0. The highest BCUT2D eigenvalue weighted by Crippen LogP contribution is 2.34. The molecule has 0 nitrogen and oxygen atoms in total. The molecule has 0 saturated carbocycles. The molecule has 0 spiro atoms. The molecule has 3 rings (SSSR count). The van der Waals surface area contributed by atoms with Gasteiger partial charge in [0.05, 0.1) is 0 Å². The fraction of sp³-hybridized carbons (Fsp3) is 0.308. The maximum atomic E-state index is 2.44. The van der Waals surface area contributed by atoms with Crippen molar-refractivity contribution in [3.05, 3.63) is 105 Å². The number of aryl methyl sites for hydroxylation is 4. The fourth-order valence-corrected chi connectivity index (χ4v) is 3.89. The van der Waals surface area contributed by atoms with Crippen molar-refractivity contribution in [2.24, 2.45) is 0 Å². The summed E-state index contributed by atoms with van der Waals surface area (Å²) in [5, 5.41) is 0. The van der Waals surface area contributed by atoms with E-state index >= 15 is 0 Å². The van der Waals surface area contributed by atoms with E-state index < -0.39 is 0 Å². The lowest BCUT2D eigenvalue weighted by atomic mass is 9.83. The number of rotatable bonds is 4. The lowest BCUT2D eigenvalue weighted by molar-refractivity contribution is 0.869. The van der Waals surface area contributed by atoms with Crippen LogP contribution in [0, 0.1) is 27.7 Å². The molecule has 26 heavy (non-hydrogen) atoms. The van der Waals surface area contributed by atoms with Crippen molar-refractivity contribution in [1.82, 2.24) is 0 Å². The van der Waals surface area contributed by atoms with Gasteiger partial charge in [0.15, 0.2) is 0 Å². The Kier molecular flexibility index (Phi) is 5.32. The normalized spacial score (nSPS) is 13.5. The van der Waals surface area contributed by atoms with Gasteiger partial charge < -0.3 is 0 Å². The van der Waals surface area contributed by atoms with Crippen molar-refractivity contribution in [3.8, 4) is 0 Å². The summed E-state index contributed by atoms with van der Waals surface area (Å²) in [6, 6.07) is 22.7. The minimum atomic E-state index is 0.403. The van der Waals surface area contributed by atoms with Crippen LogP contribution in [0.1, 0.15) is 70.2 Å². The maximum absolute atomic E-state index is 2.44. The van der Waals surface area contributed by atoms with Crippen LogP contribution in [0.25, 0.3) is 0 Å². The molecule has 3 aromatic carbocycles. The predicted octanol–water partition coefficient (Wildman–Crippen LogP) is 7.22. The van der Waals surface area contributed by atoms with E-state index in [1.54, 1.807) is 0 Å². The summed E-state index contributed by atoms with van der Waals surface area (Å²) in [5.74, 6) is 0.806. The van der Waals surface area contributed by atoms with Gasteiger partial charge in [-0.1, -0.05) is 85.6 Å². The van der Waals surface area contributed by atoms with Gasteiger partial charge in [0.2, 0.25) is 0 Å². The van der Waals surface area contributed by atoms with Crippen LogP contribution in [-0.2, 0) is 0 Å². The maximum Gasteiger partial charge on any atom is 0.00637 e. The third-order valence-corrected chi connectivity index (χ3v) is 5.74. The quantitative estimate of drug-likeness (QED) is 0.469. The first-order valence-corrected chi connectivity index (χ1v) is 9.61. The zero-order valence-corrected chi connectivity index (χ0v) is 16.9. The molecule has 0 aliphatic rings. The topological polar surface area (TPSA) is 0 Å². The molecular formula is C26H30. The van der Waals surface area contributed by atoms with Gasteiger partial charge in [0, 0.05) is 11.8 Å². The van der Waals surface area contributed by atoms with Crippen molar-refractivity contribution >= 4 is 0 Å². The molecule has 0 radical (unpaired) electrons. The molecule has 0 aliphatic carbocycles. The molecule has 0 bridgehead atoms. The van der Waals surface area contributed by atoms with E-state index in [-0.39, 0.29) is 0 Å². The average molecular weight is 343 g/mol. The summed E-state index contributed by atoms with van der Waals surface area (Å²) in [7, 11) is 0. The van der Waals surface area contributed by atoms with E-state index in [4.69, 9.17) is 0 Å². The van der Waals surface area contributed by atoms with E-state index in [9.17, 15) is 0 Å². The first kappa shape index (κ1) is 18.5. The van der Waals surface area contributed by atoms with E-state index in [1.807, 2.05) is 0 Å². The van der Waals surface area contributed by atoms with Crippen LogP contribution < -0.4 is 0 Å². The lowest BCUT2D eigenvalue weighted by Crippen LogP contribution is -2.05. The first-order valence-electron chi connectivity index (χ1n) is 9.61. The minimum Gasteiger partial charge on any atom is -0.0590 e. The van der Waals surface area contributed by atoms with Crippen LogP contribution in [0.4, 0.5) is 0 Å². The SMILES string of the molecule is Cc1ccc(C(C)c2cc(C(C)c3ccc(C)cc3)c(C)cc2C)cc1. The molecule has 0 amide bonds. The summed E-state index contributed by atoms with van der Waals surface area (Å²) >= 11 is 0. The highest BCUT2D eigenvalue weighted by atomic mass is 14.2. The van der Waals surface area contributed by atoms with E-state index in [0.29, 0.717) is 11.8 Å². The van der Waals surface area contributed by atoms with Gasteiger partial charge in [0.1, 0.15) is 0 Å². The monoisotopic (exact) mass is 342 g/mol. The van der Waals surface area contributed by atoms with Gasteiger partial charge in [-0.05, 0) is 61.1 Å². The van der Waals surface area contributed by atoms with E-state index in [2.05, 4.69) is 102 Å². The van der Waals surface area contributed by atoms with Crippen LogP contribution in [0.5, 0.6) is 0 Å². The number of hydrogen-bond donors (Lipinski definition) is 0. The van der Waals surface area contributed by atoms with Crippen LogP contribution in [0.3, 0.4) is 0 Å². The fourth-order valence-electron chi connectivity index (χ4n) is 3.89. The van der Waals surface area contributed by atoms with Gasteiger partial charge in [-0.15, -0.1) is 0 Å². The van der Waals surface area contributed by atoms with Crippen LogP contribution >= 0.6 is 0 Å². The number of hydrogen-bond acceptors (Lipinski definition) is 0. The van der Waals surface area contributed by atoms with Gasteiger partial charge in [-0.2, -0.15) is 0 Å². The molecule has 134 valence electrons. The average Bonchev–Trinajstić information content (AvgIpc) is 2.62. The second-order valence-corrected chi connectivity index (χ2v) is 7.83. The van der Waals surface area contributed by atoms with Gasteiger partial charge in [-0.3, -0.25) is 0 Å². The molecular weight excluding hydrogens is 312 g/mol. The standard InChI is InChI=1S/C26H30/c1-17-7-11-23(12-8-17)21(5)25-16-26(20(4)15-19(25)3)22(6)24-13-9-18(2)10-14-24/h7-16,21-22H,1-6H3. The Hall–Kier alpha value is -2.34. The second-order valence-electron chi connectivity index (χ2n) is 7.83. The van der Waals surface area contributed by atoms with Crippen molar-refractivity contribution in [1.29, 1.82) is 0 Å². The highest BCUT2D eigenvalue weighted by molar-refractivity contribution is 5.46. The Labute approximate surface area is 158 Å². The summed E-state index contributed by atoms with van der Waals surface area (Å²) in [4.78, 5) is 0. The van der Waals surface area contributed by atoms with Crippen LogP contribution in [0.15, 0.2) is 60.7 Å². The summed E-state index contributed by atoms with van der Waals surface area (Å²) < 4.78 is 0.